The molecule has 3 rings (SSSR count). The summed E-state index contributed by atoms with van der Waals surface area (Å²) in [6.07, 6.45) is 2.10. The molecule has 0 bridgehead atoms. The Balaban J connectivity index is 1.58. The number of nitrogens with two attached hydrogens (primary N) is 1. The van der Waals surface area contributed by atoms with Gasteiger partial charge in [0, 0.05) is 24.1 Å². The number of aliphatic hydroxyl groups excluding tert-OH is 1. The predicted octanol–water partition coefficient (Wildman–Crippen LogP) is 2.91. The molecule has 9 nitrogen and oxygen atoms in total. The summed E-state index contributed by atoms with van der Waals surface area (Å²) in [5.74, 6) is 0.739. The van der Waals surface area contributed by atoms with Crippen molar-refractivity contribution in [3.63, 3.8) is 0 Å². The first-order valence-electron chi connectivity index (χ1n) is 10.5. The van der Waals surface area contributed by atoms with Crippen molar-refractivity contribution in [3.05, 3.63) is 70.8 Å². The summed E-state index contributed by atoms with van der Waals surface area (Å²) in [7, 11) is 0. The molecule has 174 valence electrons. The Labute approximate surface area is 200 Å². The van der Waals surface area contributed by atoms with Crippen molar-refractivity contribution in [2.75, 3.05) is 42.3 Å². The maximum atomic E-state index is 12.5. The number of benzene rings is 2. The van der Waals surface area contributed by atoms with Gasteiger partial charge < -0.3 is 31.5 Å². The largest absolute Gasteiger partial charge is 0.394 e. The van der Waals surface area contributed by atoms with Gasteiger partial charge in [0.05, 0.1) is 30.3 Å². The summed E-state index contributed by atoms with van der Waals surface area (Å²) in [6, 6.07) is 16.2. The van der Waals surface area contributed by atoms with Gasteiger partial charge in [-0.25, -0.2) is 4.98 Å². The third-order valence-corrected chi connectivity index (χ3v) is 5.12. The van der Waals surface area contributed by atoms with Gasteiger partial charge in [0.2, 0.25) is 11.9 Å². The molecule has 1 atom stereocenters. The summed E-state index contributed by atoms with van der Waals surface area (Å²) in [5.41, 5.74) is 8.41. The Bertz CT molecular complexity index is 1040. The number of rotatable bonds is 12. The maximum Gasteiger partial charge on any atom is 0.241 e. The molecule has 2 aromatic carbocycles. The van der Waals surface area contributed by atoms with Crippen molar-refractivity contribution in [1.29, 1.82) is 0 Å². The van der Waals surface area contributed by atoms with Gasteiger partial charge in [-0.05, 0) is 46.1 Å². The van der Waals surface area contributed by atoms with Crippen LogP contribution in [0.4, 0.5) is 23.1 Å². The molecule has 6 N–H and O–H groups in total. The predicted molar refractivity (Wildman–Crippen MR) is 133 cm³/mol. The van der Waals surface area contributed by atoms with E-state index in [-0.39, 0.29) is 12.5 Å². The third-order valence-electron chi connectivity index (χ3n) is 4.54. The molecule has 1 heterocycles. The molecular formula is C23H27BrN6O3. The van der Waals surface area contributed by atoms with E-state index in [9.17, 15) is 4.79 Å². The summed E-state index contributed by atoms with van der Waals surface area (Å²) in [6.45, 7) is 1.25. The van der Waals surface area contributed by atoms with Crippen molar-refractivity contribution in [2.45, 2.75) is 12.5 Å². The zero-order valence-electron chi connectivity index (χ0n) is 18.0. The third kappa shape index (κ3) is 8.10. The number of halogens is 1. The van der Waals surface area contributed by atoms with Crippen molar-refractivity contribution in [2.24, 2.45) is 5.73 Å². The van der Waals surface area contributed by atoms with Gasteiger partial charge in [0.1, 0.15) is 5.82 Å². The highest BCUT2D eigenvalue weighted by atomic mass is 79.9. The van der Waals surface area contributed by atoms with Gasteiger partial charge in [0.15, 0.2) is 0 Å². The van der Waals surface area contributed by atoms with Crippen LogP contribution in [0.1, 0.15) is 5.56 Å². The van der Waals surface area contributed by atoms with Crippen molar-refractivity contribution >= 4 is 45.0 Å². The van der Waals surface area contributed by atoms with Crippen LogP contribution in [0.25, 0.3) is 0 Å². The lowest BCUT2D eigenvalue weighted by atomic mass is 10.1. The van der Waals surface area contributed by atoms with E-state index in [1.807, 2.05) is 42.5 Å². The zero-order chi connectivity index (χ0) is 23.5. The summed E-state index contributed by atoms with van der Waals surface area (Å²) >= 11 is 3.42. The van der Waals surface area contributed by atoms with Gasteiger partial charge in [-0.3, -0.25) is 4.79 Å². The number of hydrogen-bond donors (Lipinski definition) is 5. The molecule has 1 aromatic heterocycles. The van der Waals surface area contributed by atoms with E-state index in [0.29, 0.717) is 53.8 Å². The fraction of sp³-hybridized carbons (Fsp3) is 0.261. The number of hydrogen-bond acceptors (Lipinski definition) is 8. The number of aliphatic hydroxyl groups is 1. The molecule has 0 saturated heterocycles. The van der Waals surface area contributed by atoms with E-state index in [0.717, 1.165) is 5.56 Å². The number of aromatic nitrogens is 2. The number of amides is 1. The van der Waals surface area contributed by atoms with Crippen LogP contribution in [-0.2, 0) is 16.0 Å². The van der Waals surface area contributed by atoms with Gasteiger partial charge in [0.25, 0.3) is 0 Å². The monoisotopic (exact) mass is 514 g/mol. The molecular weight excluding hydrogens is 488 g/mol. The number of anilines is 4. The second kappa shape index (κ2) is 12.9. The first kappa shape index (κ1) is 24.6. The van der Waals surface area contributed by atoms with Crippen LogP contribution in [0.15, 0.2) is 65.3 Å². The molecule has 0 aliphatic rings. The number of ether oxygens (including phenoxy) is 1. The van der Waals surface area contributed by atoms with Crippen molar-refractivity contribution in [3.8, 4) is 0 Å². The Kier molecular flexibility index (Phi) is 9.58. The number of carbonyl (C=O) groups is 1. The Morgan fingerprint density at radius 2 is 1.91 bits per heavy atom. The smallest absolute Gasteiger partial charge is 0.241 e. The molecule has 0 aliphatic carbocycles. The molecule has 1 unspecified atom stereocenters. The van der Waals surface area contributed by atoms with Gasteiger partial charge in [-0.15, -0.1) is 0 Å². The van der Waals surface area contributed by atoms with Crippen LogP contribution >= 0.6 is 15.9 Å². The second-order valence-electron chi connectivity index (χ2n) is 7.14. The van der Waals surface area contributed by atoms with Crippen LogP contribution in [0.5, 0.6) is 0 Å². The second-order valence-corrected chi connectivity index (χ2v) is 8.00. The fourth-order valence-electron chi connectivity index (χ4n) is 2.96. The number of carbonyl (C=O) groups excluding carboxylic acids is 1. The topological polar surface area (TPSA) is 134 Å². The molecule has 33 heavy (non-hydrogen) atoms. The van der Waals surface area contributed by atoms with Crippen LogP contribution in [0, 0.1) is 0 Å². The molecule has 0 fully saturated rings. The van der Waals surface area contributed by atoms with E-state index >= 15 is 0 Å². The minimum Gasteiger partial charge on any atom is -0.394 e. The normalized spacial score (nSPS) is 11.6. The first-order chi connectivity index (χ1) is 16.0. The highest BCUT2D eigenvalue weighted by Crippen LogP contribution is 2.23. The van der Waals surface area contributed by atoms with Crippen LogP contribution in [0.3, 0.4) is 0 Å². The van der Waals surface area contributed by atoms with Gasteiger partial charge in [-0.2, -0.15) is 4.98 Å². The highest BCUT2D eigenvalue weighted by Gasteiger charge is 2.14. The Morgan fingerprint density at radius 1 is 1.12 bits per heavy atom. The molecule has 3 aromatic rings. The average Bonchev–Trinajstić information content (AvgIpc) is 2.81. The lowest BCUT2D eigenvalue weighted by molar-refractivity contribution is -0.117. The number of nitrogens with one attached hydrogen (secondary N) is 3. The van der Waals surface area contributed by atoms with Gasteiger partial charge >= 0.3 is 0 Å². The molecule has 0 spiro atoms. The van der Waals surface area contributed by atoms with E-state index in [4.69, 9.17) is 15.6 Å². The first-order valence-corrected chi connectivity index (χ1v) is 11.3. The standard InChI is InChI=1S/C23H27BrN6O3/c24-19-15-27-23(30-21(19)26-9-11-33-12-10-31)29-18-8-4-7-17(14-18)28-22(32)20(25)13-16-5-2-1-3-6-16/h1-8,14-15,20,31H,9-13,25H2,(H,28,32)(H2,26,27,29,30). The van der Waals surface area contributed by atoms with Crippen molar-refractivity contribution in [1.82, 2.24) is 9.97 Å². The zero-order valence-corrected chi connectivity index (χ0v) is 19.6. The van der Waals surface area contributed by atoms with Crippen LogP contribution in [0.2, 0.25) is 0 Å². The lowest BCUT2D eigenvalue weighted by Gasteiger charge is -2.14. The Morgan fingerprint density at radius 3 is 2.70 bits per heavy atom. The number of nitrogens with zero attached hydrogens (tertiary/aromatic N) is 2. The van der Waals surface area contributed by atoms with E-state index in [1.165, 1.54) is 0 Å². The summed E-state index contributed by atoms with van der Waals surface area (Å²) in [4.78, 5) is 21.3. The lowest BCUT2D eigenvalue weighted by Crippen LogP contribution is -2.37. The molecule has 0 aliphatic heterocycles. The van der Waals surface area contributed by atoms with Crippen molar-refractivity contribution < 1.29 is 14.6 Å². The minimum atomic E-state index is -0.659. The van der Waals surface area contributed by atoms with E-state index < -0.39 is 6.04 Å². The minimum absolute atomic E-state index is 0.0102. The maximum absolute atomic E-state index is 12.5. The van der Waals surface area contributed by atoms with E-state index in [1.54, 1.807) is 18.3 Å². The highest BCUT2D eigenvalue weighted by molar-refractivity contribution is 9.10. The molecule has 1 amide bonds. The molecule has 0 saturated carbocycles. The summed E-state index contributed by atoms with van der Waals surface area (Å²) < 4.78 is 5.95. The van der Waals surface area contributed by atoms with Crippen LogP contribution in [-0.4, -0.2) is 53.4 Å². The SMILES string of the molecule is NC(Cc1ccccc1)C(=O)Nc1cccc(Nc2ncc(Br)c(NCCOCCO)n2)c1. The van der Waals surface area contributed by atoms with Gasteiger partial charge in [-0.1, -0.05) is 36.4 Å². The van der Waals surface area contributed by atoms with Crippen LogP contribution < -0.4 is 21.7 Å². The molecule has 0 radical (unpaired) electrons. The quantitative estimate of drug-likeness (QED) is 0.233. The average molecular weight is 515 g/mol. The van der Waals surface area contributed by atoms with E-state index in [2.05, 4.69) is 41.8 Å². The Hall–Kier alpha value is -3.05. The molecule has 10 heteroatoms. The summed E-state index contributed by atoms with van der Waals surface area (Å²) in [5, 5.41) is 17.9. The fourth-order valence-corrected chi connectivity index (χ4v) is 3.29.